The summed E-state index contributed by atoms with van der Waals surface area (Å²) in [6.07, 6.45) is 1.67. The molecule has 2 N–H and O–H groups in total. The molecule has 0 bridgehead atoms. The molecule has 0 aliphatic heterocycles. The van der Waals surface area contributed by atoms with Gasteiger partial charge in [-0.15, -0.1) is 0 Å². The molecule has 2 aromatic rings. The van der Waals surface area contributed by atoms with E-state index in [9.17, 15) is 9.59 Å². The number of hydrogen-bond acceptors (Lipinski definition) is 3. The third kappa shape index (κ3) is 3.90. The monoisotopic (exact) mass is 323 g/mol. The van der Waals surface area contributed by atoms with Crippen LogP contribution in [0.15, 0.2) is 29.1 Å². The number of carbonyl (C=O) groups excluding carboxylic acids is 1. The molecule has 0 atom stereocenters. The van der Waals surface area contributed by atoms with Gasteiger partial charge in [-0.2, -0.15) is 5.26 Å². The minimum Gasteiger partial charge on any atom is -0.326 e. The summed E-state index contributed by atoms with van der Waals surface area (Å²) in [5.74, 6) is -0.0910. The number of rotatable bonds is 5. The second kappa shape index (κ2) is 7.60. The van der Waals surface area contributed by atoms with Gasteiger partial charge in [0.05, 0.1) is 0 Å². The molecule has 2 rings (SSSR count). The van der Waals surface area contributed by atoms with Crippen LogP contribution in [0.5, 0.6) is 0 Å². The first-order valence-corrected chi connectivity index (χ1v) is 7.97. The lowest BCUT2D eigenvalue weighted by atomic mass is 9.99. The number of aryl methyl sites for hydroxylation is 2. The summed E-state index contributed by atoms with van der Waals surface area (Å²) in [5, 5.41) is 12.0. The number of aromatic nitrogens is 1. The summed E-state index contributed by atoms with van der Waals surface area (Å²) in [5.41, 5.74) is 3.90. The summed E-state index contributed by atoms with van der Waals surface area (Å²) < 4.78 is 0. The molecule has 0 spiro atoms. The Balaban J connectivity index is 2.09. The lowest BCUT2D eigenvalue weighted by Gasteiger charge is -2.11. The van der Waals surface area contributed by atoms with Gasteiger partial charge in [0.2, 0.25) is 5.91 Å². The number of amides is 1. The second-order valence-electron chi connectivity index (χ2n) is 5.77. The largest absolute Gasteiger partial charge is 0.326 e. The molecule has 1 aromatic carbocycles. The highest BCUT2D eigenvalue weighted by atomic mass is 16.1. The number of carbonyl (C=O) groups is 1. The lowest BCUT2D eigenvalue weighted by Crippen LogP contribution is -2.18. The number of hydrogen-bond donors (Lipinski definition) is 2. The van der Waals surface area contributed by atoms with Crippen molar-refractivity contribution in [3.63, 3.8) is 0 Å². The Morgan fingerprint density at radius 3 is 2.75 bits per heavy atom. The van der Waals surface area contributed by atoms with Crippen LogP contribution in [0.4, 0.5) is 5.69 Å². The molecule has 5 nitrogen and oxygen atoms in total. The van der Waals surface area contributed by atoms with Gasteiger partial charge in [-0.1, -0.05) is 19.1 Å². The minimum atomic E-state index is -0.378. The molecule has 124 valence electrons. The van der Waals surface area contributed by atoms with Crippen molar-refractivity contribution in [1.29, 1.82) is 5.26 Å². The van der Waals surface area contributed by atoms with E-state index in [0.717, 1.165) is 17.7 Å². The molecule has 0 unspecified atom stereocenters. The minimum absolute atomic E-state index is 0.0910. The Bertz CT molecular complexity index is 860. The molecular weight excluding hydrogens is 302 g/mol. The van der Waals surface area contributed by atoms with Crippen LogP contribution in [-0.4, -0.2) is 10.9 Å². The predicted octanol–water partition coefficient (Wildman–Crippen LogP) is 3.00. The maximum atomic E-state index is 12.2. The van der Waals surface area contributed by atoms with E-state index in [1.165, 1.54) is 5.56 Å². The molecule has 1 aromatic heterocycles. The van der Waals surface area contributed by atoms with Gasteiger partial charge in [-0.3, -0.25) is 9.59 Å². The number of nitrogens with one attached hydrogen (secondary N) is 2. The first kappa shape index (κ1) is 17.5. The van der Waals surface area contributed by atoms with E-state index in [1.54, 1.807) is 13.8 Å². The Hall–Kier alpha value is -2.87. The SMILES string of the molecule is CCc1cccc(NC(=O)CCc2c(C)[nH]c(=O)c(C#N)c2C)c1. The standard InChI is InChI=1S/C19H21N3O2/c1-4-14-6-5-7-15(10-14)22-18(23)9-8-16-12(2)17(11-20)19(24)21-13(16)3/h5-7,10H,4,8-9H2,1-3H3,(H,21,24)(H,22,23). The number of anilines is 1. The van der Waals surface area contributed by atoms with Gasteiger partial charge >= 0.3 is 0 Å². The molecule has 1 heterocycles. The first-order chi connectivity index (χ1) is 11.5. The van der Waals surface area contributed by atoms with Crippen molar-refractivity contribution in [2.45, 2.75) is 40.0 Å². The van der Waals surface area contributed by atoms with Crippen LogP contribution < -0.4 is 10.9 Å². The van der Waals surface area contributed by atoms with Crippen LogP contribution in [0, 0.1) is 25.2 Å². The number of H-pyrrole nitrogens is 1. The Kier molecular flexibility index (Phi) is 5.54. The van der Waals surface area contributed by atoms with E-state index >= 15 is 0 Å². The molecule has 0 aliphatic carbocycles. The Morgan fingerprint density at radius 2 is 2.08 bits per heavy atom. The topological polar surface area (TPSA) is 85.8 Å². The van der Waals surface area contributed by atoms with Crippen molar-refractivity contribution in [2.75, 3.05) is 5.32 Å². The smallest absolute Gasteiger partial charge is 0.266 e. The van der Waals surface area contributed by atoms with E-state index < -0.39 is 0 Å². The molecule has 5 heteroatoms. The molecule has 0 aliphatic rings. The van der Waals surface area contributed by atoms with Gasteiger partial charge in [0, 0.05) is 17.8 Å². The van der Waals surface area contributed by atoms with Gasteiger partial charge in [0.1, 0.15) is 11.6 Å². The molecular formula is C19H21N3O2. The molecule has 0 radical (unpaired) electrons. The predicted molar refractivity (Wildman–Crippen MR) is 94.0 cm³/mol. The number of pyridine rings is 1. The molecule has 0 saturated carbocycles. The molecule has 0 fully saturated rings. The van der Waals surface area contributed by atoms with Gasteiger partial charge in [0.25, 0.3) is 5.56 Å². The summed E-state index contributed by atoms with van der Waals surface area (Å²) in [4.78, 5) is 26.6. The maximum Gasteiger partial charge on any atom is 0.266 e. The van der Waals surface area contributed by atoms with Crippen molar-refractivity contribution < 1.29 is 4.79 Å². The highest BCUT2D eigenvalue weighted by Gasteiger charge is 2.13. The third-order valence-electron chi connectivity index (χ3n) is 4.14. The normalized spacial score (nSPS) is 10.2. The second-order valence-corrected chi connectivity index (χ2v) is 5.77. The van der Waals surface area contributed by atoms with Crippen molar-refractivity contribution in [3.8, 4) is 6.07 Å². The fourth-order valence-corrected chi connectivity index (χ4v) is 2.75. The number of aromatic amines is 1. The van der Waals surface area contributed by atoms with Crippen LogP contribution in [0.2, 0.25) is 0 Å². The van der Waals surface area contributed by atoms with Crippen molar-refractivity contribution >= 4 is 11.6 Å². The zero-order valence-electron chi connectivity index (χ0n) is 14.2. The number of nitrogens with zero attached hydrogens (tertiary/aromatic N) is 1. The fraction of sp³-hybridized carbons (Fsp3) is 0.316. The van der Waals surface area contributed by atoms with Crippen LogP contribution in [0.1, 0.15) is 41.3 Å². The number of benzene rings is 1. The fourth-order valence-electron chi connectivity index (χ4n) is 2.75. The zero-order valence-corrected chi connectivity index (χ0v) is 14.2. The van der Waals surface area contributed by atoms with Crippen LogP contribution in [-0.2, 0) is 17.6 Å². The average Bonchev–Trinajstić information content (AvgIpc) is 2.54. The van der Waals surface area contributed by atoms with Gasteiger partial charge in [0.15, 0.2) is 0 Å². The van der Waals surface area contributed by atoms with Gasteiger partial charge in [-0.25, -0.2) is 0 Å². The summed E-state index contributed by atoms with van der Waals surface area (Å²) in [6.45, 7) is 5.60. The highest BCUT2D eigenvalue weighted by molar-refractivity contribution is 5.90. The summed E-state index contributed by atoms with van der Waals surface area (Å²) in [6, 6.07) is 9.69. The van der Waals surface area contributed by atoms with E-state index in [-0.39, 0.29) is 23.5 Å². The van der Waals surface area contributed by atoms with Crippen LogP contribution in [0.3, 0.4) is 0 Å². The lowest BCUT2D eigenvalue weighted by molar-refractivity contribution is -0.116. The van der Waals surface area contributed by atoms with E-state index in [2.05, 4.69) is 17.2 Å². The summed E-state index contributed by atoms with van der Waals surface area (Å²) in [7, 11) is 0. The van der Waals surface area contributed by atoms with Gasteiger partial charge in [-0.05, 0) is 55.5 Å². The van der Waals surface area contributed by atoms with Crippen LogP contribution >= 0.6 is 0 Å². The highest BCUT2D eigenvalue weighted by Crippen LogP contribution is 2.16. The quantitative estimate of drug-likeness (QED) is 0.887. The zero-order chi connectivity index (χ0) is 17.7. The molecule has 24 heavy (non-hydrogen) atoms. The van der Waals surface area contributed by atoms with Gasteiger partial charge < -0.3 is 10.3 Å². The number of nitriles is 1. The Labute approximate surface area is 141 Å². The van der Waals surface area contributed by atoms with E-state index in [1.807, 2.05) is 30.3 Å². The van der Waals surface area contributed by atoms with Crippen molar-refractivity contribution in [3.05, 3.63) is 62.6 Å². The third-order valence-corrected chi connectivity index (χ3v) is 4.14. The van der Waals surface area contributed by atoms with E-state index in [0.29, 0.717) is 17.7 Å². The maximum absolute atomic E-state index is 12.2. The van der Waals surface area contributed by atoms with Crippen LogP contribution in [0.25, 0.3) is 0 Å². The molecule has 1 amide bonds. The summed E-state index contributed by atoms with van der Waals surface area (Å²) >= 11 is 0. The van der Waals surface area contributed by atoms with Crippen molar-refractivity contribution in [2.24, 2.45) is 0 Å². The van der Waals surface area contributed by atoms with Crippen molar-refractivity contribution in [1.82, 2.24) is 4.98 Å². The average molecular weight is 323 g/mol. The van der Waals surface area contributed by atoms with E-state index in [4.69, 9.17) is 5.26 Å². The first-order valence-electron chi connectivity index (χ1n) is 7.97. The molecule has 0 saturated heterocycles. The Morgan fingerprint density at radius 1 is 1.33 bits per heavy atom.